The number of aryl methyl sites for hydroxylation is 1. The number of morpholine rings is 1. The fourth-order valence-corrected chi connectivity index (χ4v) is 3.85. The molecule has 1 aliphatic rings. The molecule has 1 aliphatic heterocycles. The highest BCUT2D eigenvalue weighted by molar-refractivity contribution is 6.13. The Morgan fingerprint density at radius 2 is 1.32 bits per heavy atom. The van der Waals surface area contributed by atoms with E-state index in [0.717, 1.165) is 23.3 Å². The van der Waals surface area contributed by atoms with Crippen LogP contribution in [0.15, 0.2) is 96.0 Å². The minimum absolute atomic E-state index is 0.0867. The van der Waals surface area contributed by atoms with Crippen molar-refractivity contribution in [2.45, 2.75) is 18.9 Å². The van der Waals surface area contributed by atoms with Gasteiger partial charge < -0.3 is 9.64 Å². The van der Waals surface area contributed by atoms with Crippen molar-refractivity contribution in [2.24, 2.45) is 4.99 Å². The van der Waals surface area contributed by atoms with Crippen molar-refractivity contribution in [1.82, 2.24) is 4.90 Å². The summed E-state index contributed by atoms with van der Waals surface area (Å²) >= 11 is 0. The van der Waals surface area contributed by atoms with Crippen molar-refractivity contribution in [1.29, 1.82) is 0 Å². The fraction of sp³-hybridized carbons (Fsp3) is 0.259. The molecule has 4 heteroatoms. The number of carbonyl (C=O) groups excluding carboxylic acids is 1. The number of benzene rings is 3. The molecule has 3 aromatic carbocycles. The lowest BCUT2D eigenvalue weighted by atomic mass is 10.00. The van der Waals surface area contributed by atoms with E-state index >= 15 is 0 Å². The molecule has 158 valence electrons. The quantitative estimate of drug-likeness (QED) is 0.540. The SMILES string of the molecule is O=C(C(CCc1ccccc1)N=C(c1ccccc1)c1ccccc1)N1CCOCC1. The number of aliphatic imine (C=N–C) groups is 1. The number of amides is 1. The maximum absolute atomic E-state index is 13.5. The van der Waals surface area contributed by atoms with Crippen molar-refractivity contribution in [3.05, 3.63) is 108 Å². The molecule has 4 nitrogen and oxygen atoms in total. The summed E-state index contributed by atoms with van der Waals surface area (Å²) in [5, 5.41) is 0. The Bertz CT molecular complexity index is 940. The summed E-state index contributed by atoms with van der Waals surface area (Å²) in [4.78, 5) is 20.5. The first kappa shape index (κ1) is 21.0. The highest BCUT2D eigenvalue weighted by Gasteiger charge is 2.26. The molecule has 1 heterocycles. The molecule has 0 aromatic heterocycles. The molecule has 1 atom stereocenters. The van der Waals surface area contributed by atoms with Crippen LogP contribution in [0.25, 0.3) is 0 Å². The Kier molecular flexibility index (Phi) is 7.24. The van der Waals surface area contributed by atoms with Gasteiger partial charge in [-0.2, -0.15) is 0 Å². The van der Waals surface area contributed by atoms with Crippen molar-refractivity contribution >= 4 is 11.6 Å². The van der Waals surface area contributed by atoms with Gasteiger partial charge in [-0.15, -0.1) is 0 Å². The summed E-state index contributed by atoms with van der Waals surface area (Å²) in [7, 11) is 0. The number of hydrogen-bond acceptors (Lipinski definition) is 3. The second kappa shape index (κ2) is 10.7. The summed E-state index contributed by atoms with van der Waals surface area (Å²) in [5.74, 6) is 0.0867. The molecule has 1 fully saturated rings. The molecular weight excluding hydrogens is 384 g/mol. The van der Waals surface area contributed by atoms with E-state index in [1.807, 2.05) is 59.5 Å². The highest BCUT2D eigenvalue weighted by Crippen LogP contribution is 2.17. The topological polar surface area (TPSA) is 41.9 Å². The van der Waals surface area contributed by atoms with Crippen LogP contribution in [-0.2, 0) is 16.0 Å². The van der Waals surface area contributed by atoms with Crippen LogP contribution in [0, 0.1) is 0 Å². The fourth-order valence-electron chi connectivity index (χ4n) is 3.85. The monoisotopic (exact) mass is 412 g/mol. The van der Waals surface area contributed by atoms with Gasteiger partial charge in [-0.3, -0.25) is 9.79 Å². The van der Waals surface area contributed by atoms with Gasteiger partial charge in [0.25, 0.3) is 0 Å². The van der Waals surface area contributed by atoms with E-state index < -0.39 is 6.04 Å². The van der Waals surface area contributed by atoms with Gasteiger partial charge in [-0.25, -0.2) is 0 Å². The van der Waals surface area contributed by atoms with Crippen LogP contribution in [0.1, 0.15) is 23.1 Å². The average Bonchev–Trinajstić information content (AvgIpc) is 2.86. The van der Waals surface area contributed by atoms with E-state index in [1.165, 1.54) is 5.56 Å². The Labute approximate surface area is 184 Å². The van der Waals surface area contributed by atoms with Gasteiger partial charge in [0.1, 0.15) is 6.04 Å². The molecule has 1 amide bonds. The zero-order chi connectivity index (χ0) is 21.3. The third-order valence-electron chi connectivity index (χ3n) is 5.54. The molecule has 1 saturated heterocycles. The first-order valence-corrected chi connectivity index (χ1v) is 10.9. The predicted octanol–water partition coefficient (Wildman–Crippen LogP) is 4.38. The molecule has 0 aliphatic carbocycles. The Hall–Kier alpha value is -3.24. The molecule has 31 heavy (non-hydrogen) atoms. The maximum Gasteiger partial charge on any atom is 0.247 e. The van der Waals surface area contributed by atoms with Crippen molar-refractivity contribution in [3.8, 4) is 0 Å². The zero-order valence-corrected chi connectivity index (χ0v) is 17.7. The maximum atomic E-state index is 13.5. The Morgan fingerprint density at radius 3 is 1.87 bits per heavy atom. The van der Waals surface area contributed by atoms with Crippen LogP contribution in [-0.4, -0.2) is 48.9 Å². The van der Waals surface area contributed by atoms with E-state index in [1.54, 1.807) is 0 Å². The first-order chi connectivity index (χ1) is 15.3. The van der Waals surface area contributed by atoms with Crippen molar-refractivity contribution < 1.29 is 9.53 Å². The molecule has 0 N–H and O–H groups in total. The van der Waals surface area contributed by atoms with Crippen LogP contribution in [0.3, 0.4) is 0 Å². The van der Waals surface area contributed by atoms with E-state index in [4.69, 9.17) is 9.73 Å². The third-order valence-corrected chi connectivity index (χ3v) is 5.54. The first-order valence-electron chi connectivity index (χ1n) is 10.9. The lowest BCUT2D eigenvalue weighted by Crippen LogP contribution is -2.45. The largest absolute Gasteiger partial charge is 0.378 e. The molecule has 0 radical (unpaired) electrons. The van der Waals surface area contributed by atoms with Crippen LogP contribution < -0.4 is 0 Å². The Morgan fingerprint density at radius 1 is 0.806 bits per heavy atom. The minimum Gasteiger partial charge on any atom is -0.378 e. The van der Waals surface area contributed by atoms with E-state index in [9.17, 15) is 4.79 Å². The van der Waals surface area contributed by atoms with Crippen LogP contribution in [0.4, 0.5) is 0 Å². The number of ether oxygens (including phenoxy) is 1. The van der Waals surface area contributed by atoms with Gasteiger partial charge in [0.15, 0.2) is 0 Å². The number of rotatable bonds is 7. The van der Waals surface area contributed by atoms with Crippen LogP contribution >= 0.6 is 0 Å². The van der Waals surface area contributed by atoms with Gasteiger partial charge in [0.05, 0.1) is 18.9 Å². The summed E-state index contributed by atoms with van der Waals surface area (Å²) in [6, 6.07) is 30.1. The normalized spacial score (nSPS) is 14.6. The molecule has 0 saturated carbocycles. The second-order valence-electron chi connectivity index (χ2n) is 7.69. The lowest BCUT2D eigenvalue weighted by molar-refractivity contribution is -0.136. The minimum atomic E-state index is -0.436. The highest BCUT2D eigenvalue weighted by atomic mass is 16.5. The lowest BCUT2D eigenvalue weighted by Gasteiger charge is -2.29. The number of hydrogen-bond donors (Lipinski definition) is 0. The molecular formula is C27H28N2O2. The summed E-state index contributed by atoms with van der Waals surface area (Å²) in [5.41, 5.74) is 4.13. The molecule has 4 rings (SSSR count). The van der Waals surface area contributed by atoms with Gasteiger partial charge in [0.2, 0.25) is 5.91 Å². The third kappa shape index (κ3) is 5.68. The van der Waals surface area contributed by atoms with E-state index in [-0.39, 0.29) is 5.91 Å². The van der Waals surface area contributed by atoms with Gasteiger partial charge in [-0.1, -0.05) is 91.0 Å². The summed E-state index contributed by atoms with van der Waals surface area (Å²) < 4.78 is 5.45. The van der Waals surface area contributed by atoms with Gasteiger partial charge in [-0.05, 0) is 18.4 Å². The van der Waals surface area contributed by atoms with Crippen LogP contribution in [0.2, 0.25) is 0 Å². The van der Waals surface area contributed by atoms with Crippen molar-refractivity contribution in [3.63, 3.8) is 0 Å². The summed E-state index contributed by atoms with van der Waals surface area (Å²) in [6.45, 7) is 2.43. The molecule has 1 unspecified atom stereocenters. The van der Waals surface area contributed by atoms with Crippen LogP contribution in [0.5, 0.6) is 0 Å². The van der Waals surface area contributed by atoms with Gasteiger partial charge in [0, 0.05) is 24.2 Å². The van der Waals surface area contributed by atoms with E-state index in [2.05, 4.69) is 36.4 Å². The predicted molar refractivity (Wildman–Crippen MR) is 124 cm³/mol. The zero-order valence-electron chi connectivity index (χ0n) is 17.7. The molecule has 0 spiro atoms. The summed E-state index contributed by atoms with van der Waals surface area (Å²) in [6.07, 6.45) is 1.48. The average molecular weight is 413 g/mol. The van der Waals surface area contributed by atoms with Crippen molar-refractivity contribution in [2.75, 3.05) is 26.3 Å². The number of carbonyl (C=O) groups is 1. The standard InChI is InChI=1S/C27H28N2O2/c30-27(29-18-20-31-21-19-29)25(17-16-22-10-4-1-5-11-22)28-26(23-12-6-2-7-13-23)24-14-8-3-9-15-24/h1-15,25H,16-21H2. The smallest absolute Gasteiger partial charge is 0.247 e. The molecule has 0 bridgehead atoms. The second-order valence-corrected chi connectivity index (χ2v) is 7.69. The van der Waals surface area contributed by atoms with Gasteiger partial charge >= 0.3 is 0 Å². The number of nitrogens with zero attached hydrogens (tertiary/aromatic N) is 2. The molecule has 3 aromatic rings. The Balaban J connectivity index is 1.68. The van der Waals surface area contributed by atoms with E-state index in [0.29, 0.717) is 32.7 Å².